The lowest BCUT2D eigenvalue weighted by molar-refractivity contribution is -0.134. The highest BCUT2D eigenvalue weighted by Crippen LogP contribution is 2.36. The van der Waals surface area contributed by atoms with Crippen LogP contribution < -0.4 is 4.74 Å². The van der Waals surface area contributed by atoms with Gasteiger partial charge >= 0.3 is 0 Å². The molecule has 1 amide bonds. The number of ether oxygens (including phenoxy) is 1. The highest BCUT2D eigenvalue weighted by atomic mass is 32.1. The molecule has 0 N–H and O–H groups in total. The van der Waals surface area contributed by atoms with Crippen molar-refractivity contribution in [3.05, 3.63) is 59.1 Å². The molecule has 1 atom stereocenters. The number of amides is 1. The average Bonchev–Trinajstić information content (AvgIpc) is 3.27. The first kappa shape index (κ1) is 16.1. The largest absolute Gasteiger partial charge is 0.484 e. The van der Waals surface area contributed by atoms with Gasteiger partial charge in [-0.1, -0.05) is 30.3 Å². The normalized spacial score (nSPS) is 17.2. The van der Waals surface area contributed by atoms with E-state index in [1.54, 1.807) is 11.3 Å². The van der Waals surface area contributed by atoms with Crippen LogP contribution in [0.25, 0.3) is 10.2 Å². The lowest BCUT2D eigenvalue weighted by Gasteiger charge is -2.23. The van der Waals surface area contributed by atoms with E-state index in [0.717, 1.165) is 41.2 Å². The molecular weight excluding hydrogens is 332 g/mol. The summed E-state index contributed by atoms with van der Waals surface area (Å²) >= 11 is 1.69. The van der Waals surface area contributed by atoms with E-state index in [1.807, 2.05) is 54.3 Å². The van der Waals surface area contributed by atoms with Gasteiger partial charge < -0.3 is 9.64 Å². The van der Waals surface area contributed by atoms with Crippen molar-refractivity contribution in [3.8, 4) is 5.75 Å². The first-order valence-corrected chi connectivity index (χ1v) is 9.37. The summed E-state index contributed by atoms with van der Waals surface area (Å²) in [4.78, 5) is 19.4. The maximum atomic E-state index is 12.7. The minimum absolute atomic E-state index is 0.0324. The summed E-state index contributed by atoms with van der Waals surface area (Å²) in [6.45, 7) is 2.84. The van der Waals surface area contributed by atoms with Crippen LogP contribution in [0, 0.1) is 6.92 Å². The van der Waals surface area contributed by atoms with Gasteiger partial charge in [-0.2, -0.15) is 0 Å². The molecule has 1 fully saturated rings. The van der Waals surface area contributed by atoms with Crippen LogP contribution in [0.3, 0.4) is 0 Å². The number of hydrogen-bond acceptors (Lipinski definition) is 4. The summed E-state index contributed by atoms with van der Waals surface area (Å²) in [7, 11) is 0. The second-order valence-electron chi connectivity index (χ2n) is 6.32. The number of aromatic nitrogens is 1. The molecule has 3 aromatic rings. The number of rotatable bonds is 4. The van der Waals surface area contributed by atoms with Crippen LogP contribution in [-0.2, 0) is 4.79 Å². The standard InChI is InChI=1S/C20H20N2O2S/c1-14-7-2-4-10-17(14)24-13-19(23)22-12-6-9-16(22)20-21-15-8-3-5-11-18(15)25-20/h2-5,7-8,10-11,16H,6,9,12-13H2,1H3. The molecule has 4 rings (SSSR count). The third kappa shape index (κ3) is 3.24. The molecule has 0 bridgehead atoms. The SMILES string of the molecule is Cc1ccccc1OCC(=O)N1CCCC1c1nc2ccccc2s1. The van der Waals surface area contributed by atoms with Crippen molar-refractivity contribution in [2.45, 2.75) is 25.8 Å². The Morgan fingerprint density at radius 3 is 2.88 bits per heavy atom. The van der Waals surface area contributed by atoms with E-state index in [0.29, 0.717) is 0 Å². The number of carbonyl (C=O) groups is 1. The summed E-state index contributed by atoms with van der Waals surface area (Å²) in [5.41, 5.74) is 2.05. The van der Waals surface area contributed by atoms with Crippen molar-refractivity contribution in [1.82, 2.24) is 9.88 Å². The molecule has 0 spiro atoms. The van der Waals surface area contributed by atoms with Crippen LogP contribution in [0.15, 0.2) is 48.5 Å². The Balaban J connectivity index is 1.49. The highest BCUT2D eigenvalue weighted by molar-refractivity contribution is 7.18. The maximum Gasteiger partial charge on any atom is 0.261 e. The average molecular weight is 352 g/mol. The molecule has 5 heteroatoms. The van der Waals surface area contributed by atoms with Gasteiger partial charge in [0.05, 0.1) is 16.3 Å². The van der Waals surface area contributed by atoms with Gasteiger partial charge in [0.15, 0.2) is 6.61 Å². The number of likely N-dealkylation sites (tertiary alicyclic amines) is 1. The maximum absolute atomic E-state index is 12.7. The fourth-order valence-corrected chi connectivity index (χ4v) is 4.41. The summed E-state index contributed by atoms with van der Waals surface area (Å²) < 4.78 is 6.92. The third-order valence-corrected chi connectivity index (χ3v) is 5.75. The summed E-state index contributed by atoms with van der Waals surface area (Å²) in [6, 6.07) is 16.0. The number of hydrogen-bond donors (Lipinski definition) is 0. The van der Waals surface area contributed by atoms with Crippen molar-refractivity contribution in [2.75, 3.05) is 13.2 Å². The van der Waals surface area contributed by atoms with Crippen LogP contribution in [0.1, 0.15) is 29.5 Å². The first-order chi connectivity index (χ1) is 12.2. The quantitative estimate of drug-likeness (QED) is 0.701. The van der Waals surface area contributed by atoms with Gasteiger partial charge in [0.25, 0.3) is 5.91 Å². The van der Waals surface area contributed by atoms with Crippen LogP contribution in [-0.4, -0.2) is 28.9 Å². The van der Waals surface area contributed by atoms with E-state index in [-0.39, 0.29) is 18.6 Å². The fraction of sp³-hybridized carbons (Fsp3) is 0.300. The number of para-hydroxylation sites is 2. The lowest BCUT2D eigenvalue weighted by atomic mass is 10.2. The predicted octanol–water partition coefficient (Wildman–Crippen LogP) is 4.35. The van der Waals surface area contributed by atoms with Gasteiger partial charge in [-0.15, -0.1) is 11.3 Å². The van der Waals surface area contributed by atoms with Crippen LogP contribution in [0.4, 0.5) is 0 Å². The Morgan fingerprint density at radius 2 is 2.04 bits per heavy atom. The lowest BCUT2D eigenvalue weighted by Crippen LogP contribution is -2.34. The number of thiazole rings is 1. The minimum atomic E-state index is 0.0324. The van der Waals surface area contributed by atoms with E-state index in [9.17, 15) is 4.79 Å². The fourth-order valence-electron chi connectivity index (χ4n) is 3.30. The monoisotopic (exact) mass is 352 g/mol. The Kier molecular flexibility index (Phi) is 4.40. The topological polar surface area (TPSA) is 42.4 Å². The molecule has 0 saturated carbocycles. The van der Waals surface area contributed by atoms with Gasteiger partial charge in [0, 0.05) is 6.54 Å². The molecule has 4 nitrogen and oxygen atoms in total. The number of aryl methyl sites for hydroxylation is 1. The molecule has 1 aliphatic rings. The Bertz CT molecular complexity index is 872. The van der Waals surface area contributed by atoms with Crippen molar-refractivity contribution < 1.29 is 9.53 Å². The molecular formula is C20H20N2O2S. The molecule has 1 unspecified atom stereocenters. The molecule has 1 aliphatic heterocycles. The van der Waals surface area contributed by atoms with E-state index < -0.39 is 0 Å². The Hall–Kier alpha value is -2.40. The van der Waals surface area contributed by atoms with Gasteiger partial charge in [-0.25, -0.2) is 4.98 Å². The number of fused-ring (bicyclic) bond motifs is 1. The third-order valence-electron chi connectivity index (χ3n) is 4.61. The summed E-state index contributed by atoms with van der Waals surface area (Å²) in [5.74, 6) is 0.802. The molecule has 0 radical (unpaired) electrons. The number of carbonyl (C=O) groups excluding carboxylic acids is 1. The molecule has 2 heterocycles. The Morgan fingerprint density at radius 1 is 1.24 bits per heavy atom. The summed E-state index contributed by atoms with van der Waals surface area (Å²) in [5, 5.41) is 1.03. The zero-order valence-corrected chi connectivity index (χ0v) is 15.0. The zero-order chi connectivity index (χ0) is 17.2. The molecule has 1 aromatic heterocycles. The van der Waals surface area contributed by atoms with Crippen molar-refractivity contribution in [3.63, 3.8) is 0 Å². The first-order valence-electron chi connectivity index (χ1n) is 8.56. The zero-order valence-electron chi connectivity index (χ0n) is 14.1. The second kappa shape index (κ2) is 6.84. The number of benzene rings is 2. The Labute approximate surface area is 151 Å². The van der Waals surface area contributed by atoms with Crippen molar-refractivity contribution >= 4 is 27.5 Å². The van der Waals surface area contributed by atoms with Crippen molar-refractivity contribution in [2.24, 2.45) is 0 Å². The van der Waals surface area contributed by atoms with E-state index >= 15 is 0 Å². The van der Waals surface area contributed by atoms with Gasteiger partial charge in [0.1, 0.15) is 10.8 Å². The molecule has 2 aromatic carbocycles. The number of nitrogens with zero attached hydrogens (tertiary/aromatic N) is 2. The summed E-state index contributed by atoms with van der Waals surface area (Å²) in [6.07, 6.45) is 1.98. The molecule has 25 heavy (non-hydrogen) atoms. The minimum Gasteiger partial charge on any atom is -0.484 e. The van der Waals surface area contributed by atoms with E-state index in [1.165, 1.54) is 4.70 Å². The van der Waals surface area contributed by atoms with Gasteiger partial charge in [-0.3, -0.25) is 4.79 Å². The molecule has 1 saturated heterocycles. The van der Waals surface area contributed by atoms with Crippen LogP contribution in [0.2, 0.25) is 0 Å². The smallest absolute Gasteiger partial charge is 0.261 e. The molecule has 0 aliphatic carbocycles. The van der Waals surface area contributed by atoms with Crippen LogP contribution >= 0.6 is 11.3 Å². The van der Waals surface area contributed by atoms with E-state index in [4.69, 9.17) is 9.72 Å². The van der Waals surface area contributed by atoms with Gasteiger partial charge in [-0.05, 0) is 43.5 Å². The van der Waals surface area contributed by atoms with Gasteiger partial charge in [0.2, 0.25) is 0 Å². The van der Waals surface area contributed by atoms with Crippen LogP contribution in [0.5, 0.6) is 5.75 Å². The predicted molar refractivity (Wildman–Crippen MR) is 100.0 cm³/mol. The second-order valence-corrected chi connectivity index (χ2v) is 7.38. The highest BCUT2D eigenvalue weighted by Gasteiger charge is 2.32. The van der Waals surface area contributed by atoms with Crippen molar-refractivity contribution in [1.29, 1.82) is 0 Å². The van der Waals surface area contributed by atoms with E-state index in [2.05, 4.69) is 6.07 Å². The molecule has 128 valence electrons.